The zero-order chi connectivity index (χ0) is 12.5. The highest BCUT2D eigenvalue weighted by Crippen LogP contribution is 2.08. The molecule has 0 aliphatic rings. The fraction of sp³-hybridized carbons (Fsp3) is 0.667. The highest BCUT2D eigenvalue weighted by atomic mass is 16.3. The molecule has 0 fully saturated rings. The Morgan fingerprint density at radius 3 is 2.47 bits per heavy atom. The summed E-state index contributed by atoms with van der Waals surface area (Å²) in [6.07, 6.45) is 4.12. The van der Waals surface area contributed by atoms with E-state index in [-0.39, 0.29) is 6.10 Å². The Balaban J connectivity index is 2.32. The Kier molecular flexibility index (Phi) is 6.32. The standard InChI is InChI=1S/C12H22N4O/c1-3-6-13-11-8-12(16-9-15-11)14-7-4-5-10(2)17/h8-10,17H,3-7H2,1-2H3,(H2,13,14,15,16). The van der Waals surface area contributed by atoms with Crippen molar-refractivity contribution in [2.75, 3.05) is 23.7 Å². The van der Waals surface area contributed by atoms with Gasteiger partial charge in [-0.25, -0.2) is 9.97 Å². The van der Waals surface area contributed by atoms with Crippen LogP contribution < -0.4 is 10.6 Å². The molecule has 1 atom stereocenters. The first-order chi connectivity index (χ1) is 8.22. The van der Waals surface area contributed by atoms with Gasteiger partial charge in [-0.15, -0.1) is 0 Å². The van der Waals surface area contributed by atoms with E-state index in [1.807, 2.05) is 6.07 Å². The van der Waals surface area contributed by atoms with E-state index < -0.39 is 0 Å². The second-order valence-corrected chi connectivity index (χ2v) is 4.13. The first-order valence-electron chi connectivity index (χ1n) is 6.20. The fourth-order valence-corrected chi connectivity index (χ4v) is 1.42. The number of aliphatic hydroxyl groups is 1. The van der Waals surface area contributed by atoms with Crippen LogP contribution >= 0.6 is 0 Å². The van der Waals surface area contributed by atoms with Gasteiger partial charge in [0.15, 0.2) is 0 Å². The van der Waals surface area contributed by atoms with Crippen LogP contribution in [-0.4, -0.2) is 34.3 Å². The lowest BCUT2D eigenvalue weighted by atomic mass is 10.2. The van der Waals surface area contributed by atoms with Crippen molar-refractivity contribution >= 4 is 11.6 Å². The Morgan fingerprint density at radius 1 is 1.24 bits per heavy atom. The van der Waals surface area contributed by atoms with Crippen LogP contribution in [0.1, 0.15) is 33.1 Å². The molecule has 1 aromatic rings. The van der Waals surface area contributed by atoms with Crippen LogP contribution in [0.2, 0.25) is 0 Å². The van der Waals surface area contributed by atoms with Crippen molar-refractivity contribution in [3.8, 4) is 0 Å². The average molecular weight is 238 g/mol. The second kappa shape index (κ2) is 7.84. The molecule has 0 bridgehead atoms. The van der Waals surface area contributed by atoms with Crippen molar-refractivity contribution in [3.63, 3.8) is 0 Å². The van der Waals surface area contributed by atoms with E-state index in [2.05, 4.69) is 27.5 Å². The van der Waals surface area contributed by atoms with E-state index in [1.165, 1.54) is 0 Å². The molecule has 0 saturated heterocycles. The number of hydrogen-bond acceptors (Lipinski definition) is 5. The van der Waals surface area contributed by atoms with Gasteiger partial charge in [0.25, 0.3) is 0 Å². The zero-order valence-electron chi connectivity index (χ0n) is 10.6. The summed E-state index contributed by atoms with van der Waals surface area (Å²) in [5, 5.41) is 15.6. The van der Waals surface area contributed by atoms with Crippen LogP contribution in [0.5, 0.6) is 0 Å². The molecule has 17 heavy (non-hydrogen) atoms. The number of aromatic nitrogens is 2. The van der Waals surface area contributed by atoms with Gasteiger partial charge in [-0.1, -0.05) is 6.92 Å². The summed E-state index contributed by atoms with van der Waals surface area (Å²) in [5.41, 5.74) is 0. The number of anilines is 2. The predicted octanol–water partition coefficient (Wildman–Crippen LogP) is 1.87. The number of aliphatic hydroxyl groups excluding tert-OH is 1. The third-order valence-electron chi connectivity index (χ3n) is 2.33. The minimum atomic E-state index is -0.232. The molecular formula is C12H22N4O. The van der Waals surface area contributed by atoms with Gasteiger partial charge in [-0.3, -0.25) is 0 Å². The van der Waals surface area contributed by atoms with E-state index in [0.717, 1.165) is 44.0 Å². The van der Waals surface area contributed by atoms with Crippen molar-refractivity contribution in [3.05, 3.63) is 12.4 Å². The maximum atomic E-state index is 9.13. The summed E-state index contributed by atoms with van der Waals surface area (Å²) in [6.45, 7) is 5.65. The first-order valence-corrected chi connectivity index (χ1v) is 6.20. The van der Waals surface area contributed by atoms with E-state index in [1.54, 1.807) is 13.3 Å². The molecule has 1 heterocycles. The van der Waals surface area contributed by atoms with Gasteiger partial charge >= 0.3 is 0 Å². The van der Waals surface area contributed by atoms with E-state index in [9.17, 15) is 0 Å². The van der Waals surface area contributed by atoms with Gasteiger partial charge in [-0.2, -0.15) is 0 Å². The number of nitrogens with one attached hydrogen (secondary N) is 2. The van der Waals surface area contributed by atoms with Crippen LogP contribution in [0, 0.1) is 0 Å². The molecule has 0 aromatic carbocycles. The second-order valence-electron chi connectivity index (χ2n) is 4.13. The highest BCUT2D eigenvalue weighted by Gasteiger charge is 1.98. The van der Waals surface area contributed by atoms with Gasteiger partial charge in [0.1, 0.15) is 18.0 Å². The Hall–Kier alpha value is -1.36. The minimum Gasteiger partial charge on any atom is -0.393 e. The highest BCUT2D eigenvalue weighted by molar-refractivity contribution is 5.46. The summed E-state index contributed by atoms with van der Waals surface area (Å²) in [5.74, 6) is 1.67. The number of hydrogen-bond donors (Lipinski definition) is 3. The summed E-state index contributed by atoms with van der Waals surface area (Å²) < 4.78 is 0. The topological polar surface area (TPSA) is 70.1 Å². The maximum Gasteiger partial charge on any atom is 0.131 e. The van der Waals surface area contributed by atoms with Crippen LogP contribution in [0.4, 0.5) is 11.6 Å². The Labute approximate surface area is 103 Å². The van der Waals surface area contributed by atoms with E-state index in [0.29, 0.717) is 0 Å². The van der Waals surface area contributed by atoms with Crippen LogP contribution in [0.25, 0.3) is 0 Å². The van der Waals surface area contributed by atoms with Crippen molar-refractivity contribution in [1.29, 1.82) is 0 Å². The molecule has 0 radical (unpaired) electrons. The Bertz CT molecular complexity index is 317. The molecule has 1 unspecified atom stereocenters. The molecule has 5 nitrogen and oxygen atoms in total. The lowest BCUT2D eigenvalue weighted by Gasteiger charge is -2.08. The third kappa shape index (κ3) is 6.06. The summed E-state index contributed by atoms with van der Waals surface area (Å²) >= 11 is 0. The summed E-state index contributed by atoms with van der Waals surface area (Å²) in [7, 11) is 0. The van der Waals surface area contributed by atoms with Gasteiger partial charge in [-0.05, 0) is 26.2 Å². The van der Waals surface area contributed by atoms with Gasteiger partial charge < -0.3 is 15.7 Å². The van der Waals surface area contributed by atoms with Crippen molar-refractivity contribution in [1.82, 2.24) is 9.97 Å². The van der Waals surface area contributed by atoms with E-state index in [4.69, 9.17) is 5.11 Å². The smallest absolute Gasteiger partial charge is 0.131 e. The molecular weight excluding hydrogens is 216 g/mol. The van der Waals surface area contributed by atoms with E-state index >= 15 is 0 Å². The molecule has 0 spiro atoms. The zero-order valence-corrected chi connectivity index (χ0v) is 10.6. The molecule has 1 aromatic heterocycles. The fourth-order valence-electron chi connectivity index (χ4n) is 1.42. The largest absolute Gasteiger partial charge is 0.393 e. The molecule has 3 N–H and O–H groups in total. The molecule has 0 saturated carbocycles. The summed E-state index contributed by atoms with van der Waals surface area (Å²) in [4.78, 5) is 8.27. The molecule has 5 heteroatoms. The predicted molar refractivity (Wildman–Crippen MR) is 70.2 cm³/mol. The van der Waals surface area contributed by atoms with Gasteiger partial charge in [0.05, 0.1) is 6.10 Å². The summed E-state index contributed by atoms with van der Waals surface area (Å²) in [6, 6.07) is 1.90. The normalized spacial score (nSPS) is 12.2. The molecule has 96 valence electrons. The van der Waals surface area contributed by atoms with Crippen molar-refractivity contribution in [2.45, 2.75) is 39.2 Å². The molecule has 0 aliphatic heterocycles. The third-order valence-corrected chi connectivity index (χ3v) is 2.33. The molecule has 0 amide bonds. The maximum absolute atomic E-state index is 9.13. The number of rotatable bonds is 8. The Morgan fingerprint density at radius 2 is 1.88 bits per heavy atom. The lowest BCUT2D eigenvalue weighted by Crippen LogP contribution is -2.08. The van der Waals surface area contributed by atoms with Crippen LogP contribution in [0.15, 0.2) is 12.4 Å². The van der Waals surface area contributed by atoms with Crippen molar-refractivity contribution < 1.29 is 5.11 Å². The minimum absolute atomic E-state index is 0.232. The lowest BCUT2D eigenvalue weighted by molar-refractivity contribution is 0.183. The molecule has 1 rings (SSSR count). The van der Waals surface area contributed by atoms with Gasteiger partial charge in [0, 0.05) is 19.2 Å². The van der Waals surface area contributed by atoms with Crippen molar-refractivity contribution in [2.24, 2.45) is 0 Å². The van der Waals surface area contributed by atoms with Gasteiger partial charge in [0.2, 0.25) is 0 Å². The van der Waals surface area contributed by atoms with Crippen LogP contribution in [0.3, 0.4) is 0 Å². The SMILES string of the molecule is CCCNc1cc(NCCCC(C)O)ncn1. The molecule has 0 aliphatic carbocycles. The van der Waals surface area contributed by atoms with Crippen LogP contribution in [-0.2, 0) is 0 Å². The average Bonchev–Trinajstić information content (AvgIpc) is 2.32. The first kappa shape index (κ1) is 13.7. The number of nitrogens with zero attached hydrogens (tertiary/aromatic N) is 2. The monoisotopic (exact) mass is 238 g/mol. The quantitative estimate of drug-likeness (QED) is 0.603.